The number of amides is 1. The third kappa shape index (κ3) is 4.84. The lowest BCUT2D eigenvalue weighted by molar-refractivity contribution is 0.102. The van der Waals surface area contributed by atoms with Crippen LogP contribution in [0.25, 0.3) is 0 Å². The molecule has 0 aliphatic rings. The van der Waals surface area contributed by atoms with Gasteiger partial charge in [0.2, 0.25) is 0 Å². The number of hydrogen-bond acceptors (Lipinski definition) is 2. The van der Waals surface area contributed by atoms with E-state index < -0.39 is 0 Å². The molecule has 0 aliphatic heterocycles. The second-order valence-corrected chi connectivity index (χ2v) is 6.73. The van der Waals surface area contributed by atoms with Crippen LogP contribution in [0.4, 0.5) is 5.69 Å². The highest BCUT2D eigenvalue weighted by atomic mass is 79.9. The number of ether oxygens (including phenoxy) is 1. The highest BCUT2D eigenvalue weighted by Crippen LogP contribution is 2.26. The molecule has 1 amide bonds. The molecule has 126 valence electrons. The van der Waals surface area contributed by atoms with Crippen molar-refractivity contribution in [2.45, 2.75) is 6.61 Å². The van der Waals surface area contributed by atoms with Crippen LogP contribution in [0.1, 0.15) is 15.9 Å². The number of anilines is 1. The predicted octanol–water partition coefficient (Wildman–Crippen LogP) is 5.93. The summed E-state index contributed by atoms with van der Waals surface area (Å²) in [6.07, 6.45) is 0. The molecule has 0 saturated heterocycles. The minimum atomic E-state index is -0.258. The smallest absolute Gasteiger partial charge is 0.259 e. The zero-order chi connectivity index (χ0) is 17.6. The summed E-state index contributed by atoms with van der Waals surface area (Å²) in [6.45, 7) is 0.389. The Hall–Kier alpha value is -2.30. The number of carbonyl (C=O) groups is 1. The maximum atomic E-state index is 12.7. The molecule has 0 unspecified atom stereocenters. The van der Waals surface area contributed by atoms with Gasteiger partial charge in [-0.2, -0.15) is 0 Å². The first-order valence-electron chi connectivity index (χ1n) is 7.65. The molecule has 0 fully saturated rings. The summed E-state index contributed by atoms with van der Waals surface area (Å²) >= 11 is 9.37. The average Bonchev–Trinajstić information content (AvgIpc) is 2.61. The summed E-state index contributed by atoms with van der Waals surface area (Å²) in [6, 6.07) is 22.2. The molecule has 3 aromatic carbocycles. The lowest BCUT2D eigenvalue weighted by Crippen LogP contribution is -2.13. The van der Waals surface area contributed by atoms with E-state index in [4.69, 9.17) is 16.3 Å². The fourth-order valence-corrected chi connectivity index (χ4v) is 2.86. The van der Waals surface area contributed by atoms with Crippen molar-refractivity contribution in [2.24, 2.45) is 0 Å². The van der Waals surface area contributed by atoms with Gasteiger partial charge in [-0.15, -0.1) is 0 Å². The summed E-state index contributed by atoms with van der Waals surface area (Å²) in [5.41, 5.74) is 2.11. The number of benzene rings is 3. The van der Waals surface area contributed by atoms with Crippen LogP contribution in [-0.4, -0.2) is 5.91 Å². The third-order valence-corrected chi connectivity index (χ3v) is 4.23. The molecule has 3 aromatic rings. The molecular formula is C20H15BrClNO2. The van der Waals surface area contributed by atoms with Crippen LogP contribution in [0.3, 0.4) is 0 Å². The molecule has 0 radical (unpaired) electrons. The van der Waals surface area contributed by atoms with E-state index in [1.165, 1.54) is 0 Å². The van der Waals surface area contributed by atoms with E-state index in [0.29, 0.717) is 28.6 Å². The van der Waals surface area contributed by atoms with Gasteiger partial charge in [0, 0.05) is 15.2 Å². The van der Waals surface area contributed by atoms with Gasteiger partial charge in [-0.25, -0.2) is 0 Å². The molecule has 3 nitrogen and oxygen atoms in total. The predicted molar refractivity (Wildman–Crippen MR) is 104 cm³/mol. The largest absolute Gasteiger partial charge is 0.488 e. The van der Waals surface area contributed by atoms with Crippen molar-refractivity contribution in [1.82, 2.24) is 0 Å². The van der Waals surface area contributed by atoms with Crippen molar-refractivity contribution in [1.29, 1.82) is 0 Å². The van der Waals surface area contributed by atoms with Gasteiger partial charge in [0.25, 0.3) is 5.91 Å². The molecule has 0 aromatic heterocycles. The van der Waals surface area contributed by atoms with Crippen molar-refractivity contribution in [3.63, 3.8) is 0 Å². The Kier molecular flexibility index (Phi) is 5.74. The van der Waals surface area contributed by atoms with Crippen molar-refractivity contribution in [2.75, 3.05) is 5.32 Å². The molecular weight excluding hydrogens is 402 g/mol. The minimum Gasteiger partial charge on any atom is -0.488 e. The Morgan fingerprint density at radius 2 is 1.80 bits per heavy atom. The van der Waals surface area contributed by atoms with Gasteiger partial charge in [0.05, 0.1) is 5.56 Å². The second kappa shape index (κ2) is 8.19. The summed E-state index contributed by atoms with van der Waals surface area (Å²) < 4.78 is 6.65. The van der Waals surface area contributed by atoms with Crippen LogP contribution < -0.4 is 10.1 Å². The van der Waals surface area contributed by atoms with E-state index in [0.717, 1.165) is 10.0 Å². The molecule has 0 atom stereocenters. The van der Waals surface area contributed by atoms with Crippen molar-refractivity contribution in [3.8, 4) is 5.75 Å². The van der Waals surface area contributed by atoms with Gasteiger partial charge in [0.1, 0.15) is 12.4 Å². The highest BCUT2D eigenvalue weighted by Gasteiger charge is 2.14. The van der Waals surface area contributed by atoms with Gasteiger partial charge >= 0.3 is 0 Å². The van der Waals surface area contributed by atoms with E-state index >= 15 is 0 Å². The van der Waals surface area contributed by atoms with Gasteiger partial charge < -0.3 is 10.1 Å². The van der Waals surface area contributed by atoms with E-state index in [1.54, 1.807) is 36.4 Å². The number of halogens is 2. The highest BCUT2D eigenvalue weighted by molar-refractivity contribution is 9.10. The third-order valence-electron chi connectivity index (χ3n) is 3.51. The molecule has 0 bridgehead atoms. The lowest BCUT2D eigenvalue weighted by atomic mass is 10.1. The maximum Gasteiger partial charge on any atom is 0.259 e. The molecule has 0 aliphatic carbocycles. The van der Waals surface area contributed by atoms with E-state index in [2.05, 4.69) is 21.2 Å². The van der Waals surface area contributed by atoms with E-state index in [9.17, 15) is 4.79 Å². The summed E-state index contributed by atoms with van der Waals surface area (Å²) in [4.78, 5) is 12.7. The zero-order valence-corrected chi connectivity index (χ0v) is 15.5. The maximum absolute atomic E-state index is 12.7. The van der Waals surface area contributed by atoms with E-state index in [-0.39, 0.29) is 5.91 Å². The van der Waals surface area contributed by atoms with Crippen LogP contribution >= 0.6 is 27.5 Å². The second-order valence-electron chi connectivity index (χ2n) is 5.38. The van der Waals surface area contributed by atoms with Crippen LogP contribution in [-0.2, 0) is 6.61 Å². The van der Waals surface area contributed by atoms with Crippen molar-refractivity contribution >= 4 is 39.1 Å². The molecule has 5 heteroatoms. The first kappa shape index (κ1) is 17.5. The van der Waals surface area contributed by atoms with Gasteiger partial charge in [-0.1, -0.05) is 63.9 Å². The minimum absolute atomic E-state index is 0.258. The van der Waals surface area contributed by atoms with Gasteiger partial charge in [-0.3, -0.25) is 4.79 Å². The molecule has 25 heavy (non-hydrogen) atoms. The van der Waals surface area contributed by atoms with Gasteiger partial charge in [-0.05, 0) is 42.0 Å². The average molecular weight is 417 g/mol. The zero-order valence-electron chi connectivity index (χ0n) is 13.2. The van der Waals surface area contributed by atoms with Crippen LogP contribution in [0, 0.1) is 0 Å². The lowest BCUT2D eigenvalue weighted by Gasteiger charge is -2.12. The monoisotopic (exact) mass is 415 g/mol. The van der Waals surface area contributed by atoms with E-state index in [1.807, 2.05) is 36.4 Å². The van der Waals surface area contributed by atoms with Crippen molar-refractivity contribution in [3.05, 3.63) is 93.4 Å². The first-order valence-corrected chi connectivity index (χ1v) is 8.82. The van der Waals surface area contributed by atoms with Crippen LogP contribution in [0.2, 0.25) is 5.02 Å². The normalized spacial score (nSPS) is 10.3. The molecule has 0 heterocycles. The topological polar surface area (TPSA) is 38.3 Å². The van der Waals surface area contributed by atoms with Crippen molar-refractivity contribution < 1.29 is 9.53 Å². The van der Waals surface area contributed by atoms with Crippen LogP contribution in [0.15, 0.2) is 77.3 Å². The quantitative estimate of drug-likeness (QED) is 0.559. The number of hydrogen-bond donors (Lipinski definition) is 1. The molecule has 0 spiro atoms. The number of nitrogens with one attached hydrogen (secondary N) is 1. The number of rotatable bonds is 5. The Bertz CT molecular complexity index is 884. The SMILES string of the molecule is O=C(Nc1cccc(Cl)c1)c1cc(Br)ccc1OCc1ccccc1. The fraction of sp³-hybridized carbons (Fsp3) is 0.0500. The van der Waals surface area contributed by atoms with Crippen LogP contribution in [0.5, 0.6) is 5.75 Å². The Balaban J connectivity index is 1.79. The summed E-state index contributed by atoms with van der Waals surface area (Å²) in [5.74, 6) is 0.262. The molecule has 0 saturated carbocycles. The molecule has 3 rings (SSSR count). The Morgan fingerprint density at radius 1 is 1.00 bits per heavy atom. The summed E-state index contributed by atoms with van der Waals surface area (Å²) in [5, 5.41) is 3.40. The Labute approximate surface area is 159 Å². The molecule has 1 N–H and O–H groups in total. The fourth-order valence-electron chi connectivity index (χ4n) is 2.31. The first-order chi connectivity index (χ1) is 12.1. The standard InChI is InChI=1S/C20H15BrClNO2/c21-15-9-10-19(25-13-14-5-2-1-3-6-14)18(11-15)20(24)23-17-8-4-7-16(22)12-17/h1-12H,13H2,(H,23,24). The van der Waals surface area contributed by atoms with Gasteiger partial charge in [0.15, 0.2) is 0 Å². The number of carbonyl (C=O) groups excluding carboxylic acids is 1. The Morgan fingerprint density at radius 3 is 2.56 bits per heavy atom. The summed E-state index contributed by atoms with van der Waals surface area (Å²) in [7, 11) is 0.